The summed E-state index contributed by atoms with van der Waals surface area (Å²) in [4.78, 5) is 19.0. The first kappa shape index (κ1) is 15.8. The van der Waals surface area contributed by atoms with Crippen LogP contribution in [0, 0.1) is 6.92 Å². The molecule has 0 radical (unpaired) electrons. The quantitative estimate of drug-likeness (QED) is 0.826. The molecule has 5 heteroatoms. The fraction of sp³-hybridized carbons (Fsp3) is 0.375. The molecule has 2 heterocycles. The van der Waals surface area contributed by atoms with E-state index in [2.05, 4.69) is 20.9 Å². The Morgan fingerprint density at radius 1 is 1.38 bits per heavy atom. The van der Waals surface area contributed by atoms with Gasteiger partial charge in [-0.05, 0) is 54.9 Å². The van der Waals surface area contributed by atoms with E-state index in [9.17, 15) is 4.79 Å². The van der Waals surface area contributed by atoms with E-state index in [0.29, 0.717) is 18.8 Å². The summed E-state index contributed by atoms with van der Waals surface area (Å²) in [5.74, 6) is 0.0355. The zero-order chi connectivity index (χ0) is 15.4. The van der Waals surface area contributed by atoms with Crippen LogP contribution in [0.5, 0.6) is 0 Å². The van der Waals surface area contributed by atoms with E-state index in [1.54, 1.807) is 0 Å². The van der Waals surface area contributed by atoms with Crippen molar-refractivity contribution < 1.29 is 4.79 Å². The fourth-order valence-electron chi connectivity index (χ4n) is 2.29. The van der Waals surface area contributed by atoms with Gasteiger partial charge >= 0.3 is 0 Å². The van der Waals surface area contributed by atoms with Gasteiger partial charge in [-0.3, -0.25) is 9.78 Å². The molecule has 0 bridgehead atoms. The molecule has 0 fully saturated rings. The molecule has 0 N–H and O–H groups in total. The number of carbonyl (C=O) groups excluding carboxylic acids is 1. The van der Waals surface area contributed by atoms with E-state index in [1.807, 2.05) is 60.7 Å². The number of rotatable bonds is 5. The molecule has 2 aromatic heterocycles. The molecular weight excluding hydrogens is 330 g/mol. The van der Waals surface area contributed by atoms with Gasteiger partial charge in [-0.1, -0.05) is 6.07 Å². The summed E-state index contributed by atoms with van der Waals surface area (Å²) in [6.45, 7) is 7.93. The standard InChI is InChI=1S/C16H20BrN3O/c1-4-19-10-13(17)9-15(19)16(21)20(5-2)11-14-8-6-7-12(3)18-14/h6-10H,4-5,11H2,1-3H3. The highest BCUT2D eigenvalue weighted by molar-refractivity contribution is 9.10. The molecule has 21 heavy (non-hydrogen) atoms. The second kappa shape index (κ2) is 6.89. The first-order valence-electron chi connectivity index (χ1n) is 7.12. The molecule has 112 valence electrons. The Kier molecular flexibility index (Phi) is 5.17. The number of aromatic nitrogens is 2. The Morgan fingerprint density at radius 2 is 2.14 bits per heavy atom. The van der Waals surface area contributed by atoms with Crippen molar-refractivity contribution in [1.29, 1.82) is 0 Å². The molecule has 2 rings (SSSR count). The number of amides is 1. The molecule has 0 unspecified atom stereocenters. The molecule has 0 aliphatic heterocycles. The molecule has 0 saturated heterocycles. The second-order valence-corrected chi connectivity index (χ2v) is 5.83. The van der Waals surface area contributed by atoms with Gasteiger partial charge in [-0.25, -0.2) is 0 Å². The summed E-state index contributed by atoms with van der Waals surface area (Å²) >= 11 is 3.44. The van der Waals surface area contributed by atoms with Crippen molar-refractivity contribution in [2.24, 2.45) is 0 Å². The minimum Gasteiger partial charge on any atom is -0.343 e. The number of aryl methyl sites for hydroxylation is 2. The monoisotopic (exact) mass is 349 g/mol. The summed E-state index contributed by atoms with van der Waals surface area (Å²) in [7, 11) is 0. The summed E-state index contributed by atoms with van der Waals surface area (Å²) in [6, 6.07) is 7.76. The van der Waals surface area contributed by atoms with Crippen LogP contribution in [0.3, 0.4) is 0 Å². The van der Waals surface area contributed by atoms with Crippen LogP contribution in [0.4, 0.5) is 0 Å². The lowest BCUT2D eigenvalue weighted by molar-refractivity contribution is 0.0739. The number of pyridine rings is 1. The van der Waals surface area contributed by atoms with E-state index in [0.717, 1.165) is 22.4 Å². The highest BCUT2D eigenvalue weighted by Gasteiger charge is 2.19. The van der Waals surface area contributed by atoms with E-state index < -0.39 is 0 Å². The third-order valence-electron chi connectivity index (χ3n) is 3.39. The third-order valence-corrected chi connectivity index (χ3v) is 3.82. The maximum atomic E-state index is 12.7. The summed E-state index contributed by atoms with van der Waals surface area (Å²) in [6.07, 6.45) is 1.94. The van der Waals surface area contributed by atoms with Crippen molar-refractivity contribution in [2.75, 3.05) is 6.54 Å². The predicted octanol–water partition coefficient (Wildman–Crippen LogP) is 3.64. The van der Waals surface area contributed by atoms with Gasteiger partial charge < -0.3 is 9.47 Å². The van der Waals surface area contributed by atoms with Crippen LogP contribution in [0.15, 0.2) is 34.9 Å². The molecule has 4 nitrogen and oxygen atoms in total. The van der Waals surface area contributed by atoms with Crippen molar-refractivity contribution in [1.82, 2.24) is 14.5 Å². The van der Waals surface area contributed by atoms with Gasteiger partial charge in [0.1, 0.15) is 5.69 Å². The third kappa shape index (κ3) is 3.73. The summed E-state index contributed by atoms with van der Waals surface area (Å²) in [5, 5.41) is 0. The van der Waals surface area contributed by atoms with Gasteiger partial charge in [0.15, 0.2) is 0 Å². The highest BCUT2D eigenvalue weighted by Crippen LogP contribution is 2.17. The van der Waals surface area contributed by atoms with Crippen LogP contribution in [-0.4, -0.2) is 26.9 Å². The van der Waals surface area contributed by atoms with Gasteiger partial charge in [0.25, 0.3) is 5.91 Å². The fourth-order valence-corrected chi connectivity index (χ4v) is 2.75. The van der Waals surface area contributed by atoms with E-state index in [4.69, 9.17) is 0 Å². The first-order valence-corrected chi connectivity index (χ1v) is 7.92. The number of carbonyl (C=O) groups is 1. The number of nitrogens with zero attached hydrogens (tertiary/aromatic N) is 3. The molecule has 0 spiro atoms. The average molecular weight is 350 g/mol. The zero-order valence-corrected chi connectivity index (χ0v) is 14.2. The van der Waals surface area contributed by atoms with Crippen molar-refractivity contribution >= 4 is 21.8 Å². The largest absolute Gasteiger partial charge is 0.343 e. The van der Waals surface area contributed by atoms with Crippen LogP contribution >= 0.6 is 15.9 Å². The average Bonchev–Trinajstić information content (AvgIpc) is 2.85. The lowest BCUT2D eigenvalue weighted by atomic mass is 10.2. The lowest BCUT2D eigenvalue weighted by Gasteiger charge is -2.21. The highest BCUT2D eigenvalue weighted by atomic mass is 79.9. The topological polar surface area (TPSA) is 38.1 Å². The molecule has 0 atom stereocenters. The van der Waals surface area contributed by atoms with Crippen molar-refractivity contribution in [3.8, 4) is 0 Å². The Hall–Kier alpha value is -1.62. The van der Waals surface area contributed by atoms with Gasteiger partial charge in [0.05, 0.1) is 12.2 Å². The number of halogens is 1. The molecule has 0 aliphatic carbocycles. The summed E-state index contributed by atoms with van der Waals surface area (Å²) < 4.78 is 2.89. The zero-order valence-electron chi connectivity index (χ0n) is 12.6. The van der Waals surface area contributed by atoms with E-state index >= 15 is 0 Å². The molecule has 1 amide bonds. The van der Waals surface area contributed by atoms with Crippen molar-refractivity contribution in [3.63, 3.8) is 0 Å². The van der Waals surface area contributed by atoms with Gasteiger partial charge in [-0.15, -0.1) is 0 Å². The molecular formula is C16H20BrN3O. The lowest BCUT2D eigenvalue weighted by Crippen LogP contribution is -2.32. The Bertz CT molecular complexity index is 636. The van der Waals surface area contributed by atoms with Gasteiger partial charge in [0.2, 0.25) is 0 Å². The van der Waals surface area contributed by atoms with Crippen molar-refractivity contribution in [3.05, 3.63) is 52.0 Å². The summed E-state index contributed by atoms with van der Waals surface area (Å²) in [5.41, 5.74) is 2.59. The molecule has 0 saturated carbocycles. The minimum absolute atomic E-state index is 0.0355. The Morgan fingerprint density at radius 3 is 2.76 bits per heavy atom. The van der Waals surface area contributed by atoms with Crippen LogP contribution in [0.25, 0.3) is 0 Å². The maximum Gasteiger partial charge on any atom is 0.270 e. The van der Waals surface area contributed by atoms with Gasteiger partial charge in [-0.2, -0.15) is 0 Å². The smallest absolute Gasteiger partial charge is 0.270 e. The normalized spacial score (nSPS) is 10.7. The number of hydrogen-bond acceptors (Lipinski definition) is 2. The first-order chi connectivity index (χ1) is 10.0. The number of hydrogen-bond donors (Lipinski definition) is 0. The molecule has 0 aliphatic rings. The predicted molar refractivity (Wildman–Crippen MR) is 87.2 cm³/mol. The minimum atomic E-state index is 0.0355. The van der Waals surface area contributed by atoms with Crippen molar-refractivity contribution in [2.45, 2.75) is 33.9 Å². The van der Waals surface area contributed by atoms with E-state index in [-0.39, 0.29) is 5.91 Å². The maximum absolute atomic E-state index is 12.7. The SMILES string of the molecule is CCN(Cc1cccc(C)n1)C(=O)c1cc(Br)cn1CC. The Balaban J connectivity index is 2.22. The Labute approximate surface area is 133 Å². The van der Waals surface area contributed by atoms with Gasteiger partial charge in [0, 0.05) is 29.5 Å². The van der Waals surface area contributed by atoms with Crippen LogP contribution in [-0.2, 0) is 13.1 Å². The second-order valence-electron chi connectivity index (χ2n) is 4.92. The van der Waals surface area contributed by atoms with Crippen LogP contribution in [0.2, 0.25) is 0 Å². The van der Waals surface area contributed by atoms with Crippen LogP contribution in [0.1, 0.15) is 35.7 Å². The van der Waals surface area contributed by atoms with E-state index in [1.165, 1.54) is 0 Å². The van der Waals surface area contributed by atoms with Crippen LogP contribution < -0.4 is 0 Å². The molecule has 2 aromatic rings. The molecule has 0 aromatic carbocycles.